The molecule has 0 atom stereocenters. The summed E-state index contributed by atoms with van der Waals surface area (Å²) >= 11 is 0. The first-order valence-corrected chi connectivity index (χ1v) is 8.85. The van der Waals surface area contributed by atoms with Crippen LogP contribution in [-0.4, -0.2) is 41.0 Å². The van der Waals surface area contributed by atoms with Crippen molar-refractivity contribution in [3.05, 3.63) is 78.3 Å². The minimum absolute atomic E-state index is 0.784. The number of aromatic nitrogens is 1. The van der Waals surface area contributed by atoms with Gasteiger partial charge in [0.05, 0.1) is 12.7 Å². The highest BCUT2D eigenvalue weighted by atomic mass is 16.4. The fourth-order valence-electron chi connectivity index (χ4n) is 3.26. The maximum absolute atomic E-state index is 5.93. The van der Waals surface area contributed by atoms with Gasteiger partial charge in [0, 0.05) is 38.3 Å². The second-order valence-electron chi connectivity index (χ2n) is 6.52. The van der Waals surface area contributed by atoms with Crippen molar-refractivity contribution in [2.45, 2.75) is 13.1 Å². The van der Waals surface area contributed by atoms with E-state index in [0.717, 1.165) is 56.5 Å². The Hall–Kier alpha value is -2.43. The van der Waals surface area contributed by atoms with Crippen LogP contribution in [0.15, 0.2) is 71.3 Å². The summed E-state index contributed by atoms with van der Waals surface area (Å²) in [7, 11) is 0. The van der Waals surface area contributed by atoms with Crippen molar-refractivity contribution >= 4 is 0 Å². The summed E-state index contributed by atoms with van der Waals surface area (Å²) in [6.45, 7) is 6.09. The predicted octanol–water partition coefficient (Wildman–Crippen LogP) is 3.66. The Balaban J connectivity index is 1.30. The van der Waals surface area contributed by atoms with Gasteiger partial charge in [0.25, 0.3) is 0 Å². The van der Waals surface area contributed by atoms with Crippen LogP contribution < -0.4 is 0 Å². The zero-order valence-electron chi connectivity index (χ0n) is 14.3. The number of benzene rings is 2. The van der Waals surface area contributed by atoms with E-state index in [-0.39, 0.29) is 0 Å². The lowest BCUT2D eigenvalue weighted by atomic mass is 10.2. The molecule has 4 nitrogen and oxygen atoms in total. The maximum Gasteiger partial charge on any atom is 0.209 e. The number of hydrogen-bond acceptors (Lipinski definition) is 4. The van der Waals surface area contributed by atoms with E-state index in [1.807, 2.05) is 36.5 Å². The van der Waals surface area contributed by atoms with Crippen LogP contribution >= 0.6 is 0 Å². The summed E-state index contributed by atoms with van der Waals surface area (Å²) in [5.41, 5.74) is 2.46. The van der Waals surface area contributed by atoms with E-state index in [2.05, 4.69) is 45.1 Å². The van der Waals surface area contributed by atoms with Crippen LogP contribution in [0.1, 0.15) is 11.5 Å². The number of nitrogens with zero attached hydrogens (tertiary/aromatic N) is 3. The molecule has 4 rings (SSSR count). The summed E-state index contributed by atoms with van der Waals surface area (Å²) < 4.78 is 5.93. The highest BCUT2D eigenvalue weighted by Gasteiger charge is 2.19. The van der Waals surface area contributed by atoms with E-state index in [1.54, 1.807) is 0 Å². The van der Waals surface area contributed by atoms with Crippen LogP contribution in [0.25, 0.3) is 11.3 Å². The van der Waals surface area contributed by atoms with Gasteiger partial charge < -0.3 is 4.42 Å². The van der Waals surface area contributed by atoms with Crippen molar-refractivity contribution in [1.29, 1.82) is 0 Å². The molecule has 2 aromatic carbocycles. The summed E-state index contributed by atoms with van der Waals surface area (Å²) in [6.07, 6.45) is 1.83. The lowest BCUT2D eigenvalue weighted by Gasteiger charge is -2.34. The first-order chi connectivity index (χ1) is 12.4. The van der Waals surface area contributed by atoms with E-state index in [0.29, 0.717) is 0 Å². The largest absolute Gasteiger partial charge is 0.439 e. The van der Waals surface area contributed by atoms with Gasteiger partial charge in [-0.15, -0.1) is 0 Å². The Morgan fingerprint density at radius 2 is 1.36 bits per heavy atom. The molecule has 1 aliphatic rings. The van der Waals surface area contributed by atoms with Crippen molar-refractivity contribution < 1.29 is 4.42 Å². The first kappa shape index (κ1) is 16.1. The van der Waals surface area contributed by atoms with Crippen LogP contribution in [-0.2, 0) is 13.1 Å². The molecule has 0 saturated carbocycles. The highest BCUT2D eigenvalue weighted by molar-refractivity contribution is 5.55. The fraction of sp³-hybridized carbons (Fsp3) is 0.286. The van der Waals surface area contributed by atoms with Crippen LogP contribution in [0, 0.1) is 0 Å². The molecule has 25 heavy (non-hydrogen) atoms. The zero-order chi connectivity index (χ0) is 16.9. The van der Waals surface area contributed by atoms with Gasteiger partial charge in [0.1, 0.15) is 0 Å². The molecule has 128 valence electrons. The Labute approximate surface area is 148 Å². The highest BCUT2D eigenvalue weighted by Crippen LogP contribution is 2.20. The molecule has 3 aromatic rings. The zero-order valence-corrected chi connectivity index (χ0v) is 14.3. The minimum atomic E-state index is 0.784. The van der Waals surface area contributed by atoms with Gasteiger partial charge in [-0.3, -0.25) is 9.80 Å². The maximum atomic E-state index is 5.93. The number of hydrogen-bond donors (Lipinski definition) is 0. The van der Waals surface area contributed by atoms with E-state index < -0.39 is 0 Å². The van der Waals surface area contributed by atoms with Crippen molar-refractivity contribution in [1.82, 2.24) is 14.8 Å². The van der Waals surface area contributed by atoms with Gasteiger partial charge in [-0.2, -0.15) is 0 Å². The van der Waals surface area contributed by atoms with Gasteiger partial charge in [-0.25, -0.2) is 4.98 Å². The SMILES string of the molecule is c1ccc(CN2CCN(Cc3ncc(-c4ccccc4)o3)CC2)cc1. The molecule has 2 heterocycles. The van der Waals surface area contributed by atoms with Crippen LogP contribution in [0.4, 0.5) is 0 Å². The van der Waals surface area contributed by atoms with Gasteiger partial charge >= 0.3 is 0 Å². The first-order valence-electron chi connectivity index (χ1n) is 8.85. The molecule has 0 aliphatic carbocycles. The molecular formula is C21H23N3O. The molecule has 4 heteroatoms. The molecule has 1 aliphatic heterocycles. The normalized spacial score (nSPS) is 16.2. The second-order valence-corrected chi connectivity index (χ2v) is 6.52. The van der Waals surface area contributed by atoms with E-state index >= 15 is 0 Å². The second kappa shape index (κ2) is 7.64. The van der Waals surface area contributed by atoms with Crippen molar-refractivity contribution in [3.63, 3.8) is 0 Å². The van der Waals surface area contributed by atoms with Gasteiger partial charge in [0.15, 0.2) is 5.76 Å². The molecule has 1 saturated heterocycles. The molecule has 1 aromatic heterocycles. The lowest BCUT2D eigenvalue weighted by molar-refractivity contribution is 0.114. The van der Waals surface area contributed by atoms with E-state index in [1.165, 1.54) is 5.56 Å². The number of piperazine rings is 1. The summed E-state index contributed by atoms with van der Waals surface area (Å²) in [6, 6.07) is 20.8. The average molecular weight is 333 g/mol. The lowest BCUT2D eigenvalue weighted by Crippen LogP contribution is -2.45. The van der Waals surface area contributed by atoms with Crippen LogP contribution in [0.3, 0.4) is 0 Å². The van der Waals surface area contributed by atoms with Crippen molar-refractivity contribution in [2.75, 3.05) is 26.2 Å². The van der Waals surface area contributed by atoms with Crippen molar-refractivity contribution in [2.24, 2.45) is 0 Å². The topological polar surface area (TPSA) is 32.5 Å². The Morgan fingerprint density at radius 1 is 0.760 bits per heavy atom. The third-order valence-corrected chi connectivity index (χ3v) is 4.68. The smallest absolute Gasteiger partial charge is 0.209 e. The Bertz CT molecular complexity index is 777. The molecule has 0 N–H and O–H groups in total. The number of rotatable bonds is 5. The Kier molecular flexibility index (Phi) is 4.91. The van der Waals surface area contributed by atoms with Gasteiger partial charge in [0.2, 0.25) is 5.89 Å². The standard InChI is InChI=1S/C21H23N3O/c1-3-7-18(8-4-1)16-23-11-13-24(14-12-23)17-21-22-15-20(25-21)19-9-5-2-6-10-19/h1-10,15H,11-14,16-17H2. The van der Waals surface area contributed by atoms with Crippen LogP contribution in [0.2, 0.25) is 0 Å². The van der Waals surface area contributed by atoms with E-state index in [4.69, 9.17) is 4.42 Å². The predicted molar refractivity (Wildman–Crippen MR) is 98.9 cm³/mol. The molecule has 0 unspecified atom stereocenters. The summed E-state index contributed by atoms with van der Waals surface area (Å²) in [4.78, 5) is 9.38. The fourth-order valence-corrected chi connectivity index (χ4v) is 3.26. The minimum Gasteiger partial charge on any atom is -0.439 e. The molecule has 0 radical (unpaired) electrons. The molecule has 0 spiro atoms. The Morgan fingerprint density at radius 3 is 2.04 bits per heavy atom. The van der Waals surface area contributed by atoms with Crippen molar-refractivity contribution in [3.8, 4) is 11.3 Å². The molecule has 0 bridgehead atoms. The third kappa shape index (κ3) is 4.16. The molecular weight excluding hydrogens is 310 g/mol. The van der Waals surface area contributed by atoms with E-state index in [9.17, 15) is 0 Å². The number of oxazole rings is 1. The molecule has 0 amide bonds. The monoisotopic (exact) mass is 333 g/mol. The third-order valence-electron chi connectivity index (χ3n) is 4.68. The summed E-state index contributed by atoms with van der Waals surface area (Å²) in [5, 5.41) is 0. The quantitative estimate of drug-likeness (QED) is 0.713. The average Bonchev–Trinajstić information content (AvgIpc) is 3.14. The van der Waals surface area contributed by atoms with Crippen LogP contribution in [0.5, 0.6) is 0 Å². The summed E-state index contributed by atoms with van der Waals surface area (Å²) in [5.74, 6) is 1.65. The van der Waals surface area contributed by atoms with Gasteiger partial charge in [-0.1, -0.05) is 60.7 Å². The molecule has 1 fully saturated rings. The van der Waals surface area contributed by atoms with Gasteiger partial charge in [-0.05, 0) is 5.56 Å².